The Morgan fingerprint density at radius 2 is 2.27 bits per heavy atom. The fraction of sp³-hybridized carbons (Fsp3) is 0.273. The van der Waals surface area contributed by atoms with Gasteiger partial charge in [-0.05, 0) is 18.6 Å². The van der Waals surface area contributed by atoms with Crippen LogP contribution in [0.25, 0.3) is 0 Å². The quantitative estimate of drug-likeness (QED) is 0.432. The molecular weight excluding hydrogens is 195 g/mol. The van der Waals surface area contributed by atoms with Crippen LogP contribution in [0, 0.1) is 17.3 Å². The van der Waals surface area contributed by atoms with E-state index in [1.165, 1.54) is 6.07 Å². The van der Waals surface area contributed by atoms with E-state index in [-0.39, 0.29) is 18.1 Å². The summed E-state index contributed by atoms with van der Waals surface area (Å²) in [5.74, 6) is -0.0760. The predicted molar refractivity (Wildman–Crippen MR) is 54.8 cm³/mol. The standard InChI is InChI=1S/C11H11FN2O/c1-2-15-11(14-8-13)7-9-5-3-4-6-10(9)12/h3-6H,2,7H2,1H3. The Kier molecular flexibility index (Phi) is 4.30. The van der Waals surface area contributed by atoms with Gasteiger partial charge in [0, 0.05) is 0 Å². The lowest BCUT2D eigenvalue weighted by Gasteiger charge is -2.05. The fourth-order valence-corrected chi connectivity index (χ4v) is 1.15. The highest BCUT2D eigenvalue weighted by atomic mass is 19.1. The van der Waals surface area contributed by atoms with E-state index >= 15 is 0 Å². The molecule has 0 radical (unpaired) electrons. The van der Waals surface area contributed by atoms with Crippen LogP contribution < -0.4 is 0 Å². The molecule has 0 saturated carbocycles. The van der Waals surface area contributed by atoms with Crippen LogP contribution in [0.5, 0.6) is 0 Å². The molecule has 78 valence electrons. The number of halogens is 1. The number of aliphatic imine (C=N–C) groups is 1. The normalized spacial score (nSPS) is 10.9. The van der Waals surface area contributed by atoms with Gasteiger partial charge >= 0.3 is 0 Å². The van der Waals surface area contributed by atoms with E-state index in [0.29, 0.717) is 12.2 Å². The molecule has 0 unspecified atom stereocenters. The molecule has 1 aromatic rings. The molecule has 0 fully saturated rings. The van der Waals surface area contributed by atoms with Crippen LogP contribution in [-0.2, 0) is 11.2 Å². The Hall–Kier alpha value is -1.89. The molecule has 0 saturated heterocycles. The zero-order chi connectivity index (χ0) is 11.1. The molecule has 0 aromatic heterocycles. The number of hydrogen-bond acceptors (Lipinski definition) is 3. The van der Waals surface area contributed by atoms with Crippen molar-refractivity contribution >= 4 is 5.90 Å². The van der Waals surface area contributed by atoms with Gasteiger partial charge in [0.2, 0.25) is 12.1 Å². The van der Waals surface area contributed by atoms with Crippen LogP contribution >= 0.6 is 0 Å². The molecule has 15 heavy (non-hydrogen) atoms. The minimum absolute atomic E-state index is 0.202. The Morgan fingerprint density at radius 3 is 2.87 bits per heavy atom. The maximum Gasteiger partial charge on any atom is 0.208 e. The summed E-state index contributed by atoms with van der Waals surface area (Å²) in [5, 5.41) is 8.40. The summed E-state index contributed by atoms with van der Waals surface area (Å²) in [6.07, 6.45) is 1.84. The van der Waals surface area contributed by atoms with E-state index < -0.39 is 0 Å². The average molecular weight is 206 g/mol. The van der Waals surface area contributed by atoms with Gasteiger partial charge in [0.15, 0.2) is 0 Å². The minimum Gasteiger partial charge on any atom is -0.480 e. The lowest BCUT2D eigenvalue weighted by molar-refractivity contribution is 0.320. The van der Waals surface area contributed by atoms with E-state index in [2.05, 4.69) is 4.99 Å². The van der Waals surface area contributed by atoms with E-state index in [0.717, 1.165) is 0 Å². The van der Waals surface area contributed by atoms with Gasteiger partial charge in [-0.3, -0.25) is 0 Å². The third kappa shape index (κ3) is 3.39. The molecular formula is C11H11FN2O. The SMILES string of the molecule is CCOC(Cc1ccccc1F)=NC#N. The summed E-state index contributed by atoms with van der Waals surface area (Å²) in [6, 6.07) is 6.35. The van der Waals surface area contributed by atoms with Crippen molar-refractivity contribution in [3.05, 3.63) is 35.6 Å². The van der Waals surface area contributed by atoms with Crippen LogP contribution in [0.4, 0.5) is 4.39 Å². The first kappa shape index (κ1) is 11.2. The summed E-state index contributed by atoms with van der Waals surface area (Å²) in [5.41, 5.74) is 0.472. The van der Waals surface area contributed by atoms with Crippen molar-refractivity contribution in [3.8, 4) is 6.19 Å². The maximum absolute atomic E-state index is 13.2. The summed E-state index contributed by atoms with van der Waals surface area (Å²) >= 11 is 0. The first-order valence-electron chi connectivity index (χ1n) is 4.59. The van der Waals surface area contributed by atoms with E-state index in [4.69, 9.17) is 10.00 Å². The third-order valence-corrected chi connectivity index (χ3v) is 1.79. The van der Waals surface area contributed by atoms with E-state index in [1.54, 1.807) is 31.3 Å². The Bertz CT molecular complexity index is 396. The molecule has 1 aromatic carbocycles. The Labute approximate surface area is 87.8 Å². The van der Waals surface area contributed by atoms with Crippen molar-refractivity contribution in [3.63, 3.8) is 0 Å². The van der Waals surface area contributed by atoms with Crippen LogP contribution in [0.15, 0.2) is 29.3 Å². The highest BCUT2D eigenvalue weighted by molar-refractivity contribution is 5.79. The number of benzene rings is 1. The molecule has 0 aliphatic heterocycles. The first-order chi connectivity index (χ1) is 7.27. The van der Waals surface area contributed by atoms with Crippen molar-refractivity contribution < 1.29 is 9.13 Å². The van der Waals surface area contributed by atoms with Gasteiger partial charge in [0.25, 0.3) is 0 Å². The van der Waals surface area contributed by atoms with Gasteiger partial charge < -0.3 is 4.74 Å². The monoisotopic (exact) mass is 206 g/mol. The van der Waals surface area contributed by atoms with Crippen molar-refractivity contribution in [1.29, 1.82) is 5.26 Å². The number of ether oxygens (including phenoxy) is 1. The molecule has 0 aliphatic carbocycles. The Balaban J connectivity index is 2.80. The van der Waals surface area contributed by atoms with Gasteiger partial charge in [0.05, 0.1) is 13.0 Å². The summed E-state index contributed by atoms with van der Waals surface area (Å²) < 4.78 is 18.3. The molecule has 0 bridgehead atoms. The minimum atomic E-state index is -0.317. The second kappa shape index (κ2) is 5.76. The van der Waals surface area contributed by atoms with Crippen LogP contribution in [-0.4, -0.2) is 12.5 Å². The van der Waals surface area contributed by atoms with Crippen LogP contribution in [0.2, 0.25) is 0 Å². The summed E-state index contributed by atoms with van der Waals surface area (Å²) in [7, 11) is 0. The Morgan fingerprint density at radius 1 is 1.53 bits per heavy atom. The van der Waals surface area contributed by atoms with Crippen LogP contribution in [0.1, 0.15) is 12.5 Å². The molecule has 0 amide bonds. The lowest BCUT2D eigenvalue weighted by Crippen LogP contribution is -2.09. The molecule has 3 nitrogen and oxygen atoms in total. The summed E-state index contributed by atoms with van der Waals surface area (Å²) in [4.78, 5) is 3.48. The predicted octanol–water partition coefficient (Wildman–Crippen LogP) is 2.28. The smallest absolute Gasteiger partial charge is 0.208 e. The molecule has 0 aliphatic rings. The highest BCUT2D eigenvalue weighted by Gasteiger charge is 2.06. The first-order valence-corrected chi connectivity index (χ1v) is 4.59. The summed E-state index contributed by atoms with van der Waals surface area (Å²) in [6.45, 7) is 2.20. The number of nitriles is 1. The second-order valence-corrected chi connectivity index (χ2v) is 2.81. The van der Waals surface area contributed by atoms with Gasteiger partial charge in [0.1, 0.15) is 5.82 Å². The van der Waals surface area contributed by atoms with E-state index in [9.17, 15) is 4.39 Å². The number of nitrogens with zero attached hydrogens (tertiary/aromatic N) is 2. The maximum atomic E-state index is 13.2. The fourth-order valence-electron chi connectivity index (χ4n) is 1.15. The molecule has 4 heteroatoms. The molecule has 0 heterocycles. The molecule has 1 rings (SSSR count). The topological polar surface area (TPSA) is 45.4 Å². The molecule has 0 atom stereocenters. The second-order valence-electron chi connectivity index (χ2n) is 2.81. The largest absolute Gasteiger partial charge is 0.480 e. The molecule has 0 spiro atoms. The van der Waals surface area contributed by atoms with Gasteiger partial charge in [-0.1, -0.05) is 18.2 Å². The number of rotatable bonds is 3. The van der Waals surface area contributed by atoms with Crippen molar-refractivity contribution in [2.45, 2.75) is 13.3 Å². The van der Waals surface area contributed by atoms with Crippen molar-refractivity contribution in [2.75, 3.05) is 6.61 Å². The van der Waals surface area contributed by atoms with Gasteiger partial charge in [-0.2, -0.15) is 5.26 Å². The van der Waals surface area contributed by atoms with Gasteiger partial charge in [-0.15, -0.1) is 4.99 Å². The molecule has 0 N–H and O–H groups in total. The highest BCUT2D eigenvalue weighted by Crippen LogP contribution is 2.08. The zero-order valence-electron chi connectivity index (χ0n) is 8.40. The zero-order valence-corrected chi connectivity index (χ0v) is 8.40. The lowest BCUT2D eigenvalue weighted by atomic mass is 10.1. The van der Waals surface area contributed by atoms with Crippen LogP contribution in [0.3, 0.4) is 0 Å². The van der Waals surface area contributed by atoms with Crippen molar-refractivity contribution in [2.24, 2.45) is 4.99 Å². The average Bonchev–Trinajstić information content (AvgIpc) is 2.22. The van der Waals surface area contributed by atoms with E-state index in [1.807, 2.05) is 0 Å². The third-order valence-electron chi connectivity index (χ3n) is 1.79. The van der Waals surface area contributed by atoms with Crippen molar-refractivity contribution in [1.82, 2.24) is 0 Å². The van der Waals surface area contributed by atoms with Gasteiger partial charge in [-0.25, -0.2) is 4.39 Å². The number of hydrogen-bond donors (Lipinski definition) is 0.